The molecule has 0 heterocycles. The molecule has 1 aromatic carbocycles. The van der Waals surface area contributed by atoms with Crippen LogP contribution in [-0.2, 0) is 0 Å². The Hall–Kier alpha value is -1.35. The van der Waals surface area contributed by atoms with Gasteiger partial charge < -0.3 is 11.5 Å². The van der Waals surface area contributed by atoms with E-state index >= 15 is 0 Å². The fraction of sp³-hybridized carbons (Fsp3) is 0. The minimum Gasteiger partial charge on any atom is -0.396 e. The van der Waals surface area contributed by atoms with E-state index in [4.69, 9.17) is 23.7 Å². The number of benzene rings is 1. The summed E-state index contributed by atoms with van der Waals surface area (Å²) in [6, 6.07) is 9.67. The smallest absolute Gasteiger partial charge is 0.119 e. The van der Waals surface area contributed by atoms with Gasteiger partial charge in [0.05, 0.1) is 5.70 Å². The minimum atomic E-state index is 0.235. The molecule has 12 heavy (non-hydrogen) atoms. The van der Waals surface area contributed by atoms with E-state index in [-0.39, 0.29) is 4.99 Å². The summed E-state index contributed by atoms with van der Waals surface area (Å²) in [6.45, 7) is 0. The minimum absolute atomic E-state index is 0.235. The summed E-state index contributed by atoms with van der Waals surface area (Å²) >= 11 is 4.70. The van der Waals surface area contributed by atoms with Crippen LogP contribution < -0.4 is 11.5 Å². The number of nitrogens with two attached hydrogens (primary N) is 2. The Kier molecular flexibility index (Phi) is 2.82. The van der Waals surface area contributed by atoms with Crippen molar-refractivity contribution in [2.24, 2.45) is 11.5 Å². The third-order valence-electron chi connectivity index (χ3n) is 1.41. The molecule has 0 spiro atoms. The van der Waals surface area contributed by atoms with Crippen LogP contribution in [0.2, 0.25) is 0 Å². The molecule has 0 atom stereocenters. The van der Waals surface area contributed by atoms with Crippen molar-refractivity contribution in [1.82, 2.24) is 0 Å². The van der Waals surface area contributed by atoms with E-state index in [0.717, 1.165) is 5.56 Å². The van der Waals surface area contributed by atoms with Crippen LogP contribution >= 0.6 is 12.2 Å². The molecule has 62 valence electrons. The lowest BCUT2D eigenvalue weighted by atomic mass is 10.2. The standard InChI is InChI=1S/C9H10N2S/c10-8(9(11)12)6-7-4-2-1-3-5-7/h1-6H,10H2,(H2,11,12)/b8-6-. The maximum absolute atomic E-state index is 5.54. The van der Waals surface area contributed by atoms with Crippen LogP contribution in [0.15, 0.2) is 36.0 Å². The summed E-state index contributed by atoms with van der Waals surface area (Å²) in [4.78, 5) is 0.235. The van der Waals surface area contributed by atoms with E-state index in [2.05, 4.69) is 0 Å². The molecule has 1 rings (SSSR count). The van der Waals surface area contributed by atoms with Gasteiger partial charge in [-0.15, -0.1) is 0 Å². The zero-order valence-corrected chi connectivity index (χ0v) is 7.34. The largest absolute Gasteiger partial charge is 0.396 e. The van der Waals surface area contributed by atoms with Gasteiger partial charge in [0, 0.05) is 0 Å². The second-order valence-electron chi connectivity index (χ2n) is 2.37. The molecule has 0 saturated carbocycles. The van der Waals surface area contributed by atoms with Crippen LogP contribution in [0.5, 0.6) is 0 Å². The first-order valence-corrected chi connectivity index (χ1v) is 3.93. The first-order chi connectivity index (χ1) is 5.70. The molecule has 0 radical (unpaired) electrons. The predicted octanol–water partition coefficient (Wildman–Crippen LogP) is 1.27. The van der Waals surface area contributed by atoms with Crippen LogP contribution in [0, 0.1) is 0 Å². The molecule has 0 aromatic heterocycles. The van der Waals surface area contributed by atoms with Gasteiger partial charge in [0.2, 0.25) is 0 Å². The molecule has 0 unspecified atom stereocenters. The zero-order valence-electron chi connectivity index (χ0n) is 6.53. The molecule has 0 bridgehead atoms. The second kappa shape index (κ2) is 3.88. The van der Waals surface area contributed by atoms with Gasteiger partial charge in [0.1, 0.15) is 4.99 Å². The number of thiocarbonyl (C=S) groups is 1. The van der Waals surface area contributed by atoms with E-state index < -0.39 is 0 Å². The average Bonchev–Trinajstić information content (AvgIpc) is 2.06. The zero-order chi connectivity index (χ0) is 8.97. The highest BCUT2D eigenvalue weighted by Gasteiger charge is 1.92. The highest BCUT2D eigenvalue weighted by Crippen LogP contribution is 2.02. The molecule has 0 aliphatic heterocycles. The third-order valence-corrected chi connectivity index (χ3v) is 1.64. The van der Waals surface area contributed by atoms with Gasteiger partial charge in [-0.1, -0.05) is 42.5 Å². The summed E-state index contributed by atoms with van der Waals surface area (Å²) in [7, 11) is 0. The molecule has 0 aliphatic carbocycles. The van der Waals surface area contributed by atoms with Gasteiger partial charge in [-0.2, -0.15) is 0 Å². The first-order valence-electron chi connectivity index (χ1n) is 3.52. The molecule has 0 aliphatic rings. The Morgan fingerprint density at radius 2 is 1.75 bits per heavy atom. The molecule has 0 amide bonds. The Labute approximate surface area is 76.9 Å². The second-order valence-corrected chi connectivity index (χ2v) is 2.81. The monoisotopic (exact) mass is 178 g/mol. The van der Waals surface area contributed by atoms with Crippen molar-refractivity contribution >= 4 is 23.3 Å². The van der Waals surface area contributed by atoms with Crippen molar-refractivity contribution < 1.29 is 0 Å². The van der Waals surface area contributed by atoms with Crippen molar-refractivity contribution in [2.75, 3.05) is 0 Å². The van der Waals surface area contributed by atoms with Gasteiger partial charge in [-0.25, -0.2) is 0 Å². The predicted molar refractivity (Wildman–Crippen MR) is 55.4 cm³/mol. The lowest BCUT2D eigenvalue weighted by molar-refractivity contribution is 1.49. The average molecular weight is 178 g/mol. The number of rotatable bonds is 2. The highest BCUT2D eigenvalue weighted by atomic mass is 32.1. The van der Waals surface area contributed by atoms with Crippen molar-refractivity contribution in [3.63, 3.8) is 0 Å². The van der Waals surface area contributed by atoms with Gasteiger partial charge >= 0.3 is 0 Å². The van der Waals surface area contributed by atoms with Gasteiger partial charge in [-0.3, -0.25) is 0 Å². The molecule has 1 aromatic rings. The maximum Gasteiger partial charge on any atom is 0.119 e. The summed E-state index contributed by atoms with van der Waals surface area (Å²) in [5.74, 6) is 0. The lowest BCUT2D eigenvalue weighted by Crippen LogP contribution is -2.17. The molecular weight excluding hydrogens is 168 g/mol. The summed E-state index contributed by atoms with van der Waals surface area (Å²) < 4.78 is 0. The molecule has 4 N–H and O–H groups in total. The third kappa shape index (κ3) is 2.36. The topological polar surface area (TPSA) is 52.0 Å². The van der Waals surface area contributed by atoms with Crippen LogP contribution in [0.4, 0.5) is 0 Å². The van der Waals surface area contributed by atoms with E-state index in [1.54, 1.807) is 6.08 Å². The molecule has 2 nitrogen and oxygen atoms in total. The quantitative estimate of drug-likeness (QED) is 0.529. The Balaban J connectivity index is 2.89. The van der Waals surface area contributed by atoms with Crippen molar-refractivity contribution in [3.05, 3.63) is 41.6 Å². The Morgan fingerprint density at radius 1 is 1.17 bits per heavy atom. The summed E-state index contributed by atoms with van der Waals surface area (Å²) in [6.07, 6.45) is 1.75. The summed E-state index contributed by atoms with van der Waals surface area (Å²) in [5, 5.41) is 0. The summed E-state index contributed by atoms with van der Waals surface area (Å²) in [5.41, 5.74) is 12.3. The van der Waals surface area contributed by atoms with Gasteiger partial charge in [0.15, 0.2) is 0 Å². The van der Waals surface area contributed by atoms with E-state index in [0.29, 0.717) is 5.70 Å². The Morgan fingerprint density at radius 3 is 2.25 bits per heavy atom. The van der Waals surface area contributed by atoms with Crippen LogP contribution in [0.1, 0.15) is 5.56 Å². The molecule has 0 fully saturated rings. The van der Waals surface area contributed by atoms with Crippen LogP contribution in [-0.4, -0.2) is 4.99 Å². The SMILES string of the molecule is NC(=S)/C(N)=C/c1ccccc1. The van der Waals surface area contributed by atoms with Gasteiger partial charge in [-0.05, 0) is 11.6 Å². The number of hydrogen-bond acceptors (Lipinski definition) is 2. The van der Waals surface area contributed by atoms with Crippen LogP contribution in [0.25, 0.3) is 6.08 Å². The fourth-order valence-corrected chi connectivity index (χ4v) is 0.859. The molecule has 3 heteroatoms. The van der Waals surface area contributed by atoms with E-state index in [1.807, 2.05) is 30.3 Å². The van der Waals surface area contributed by atoms with Crippen molar-refractivity contribution in [3.8, 4) is 0 Å². The van der Waals surface area contributed by atoms with E-state index in [9.17, 15) is 0 Å². The van der Waals surface area contributed by atoms with E-state index in [1.165, 1.54) is 0 Å². The van der Waals surface area contributed by atoms with Crippen molar-refractivity contribution in [1.29, 1.82) is 0 Å². The number of hydrogen-bond donors (Lipinski definition) is 2. The molecule has 0 saturated heterocycles. The first kappa shape index (κ1) is 8.74. The Bertz CT molecular complexity index is 304. The lowest BCUT2D eigenvalue weighted by Gasteiger charge is -1.97. The van der Waals surface area contributed by atoms with Crippen LogP contribution in [0.3, 0.4) is 0 Å². The molecular formula is C9H10N2S. The van der Waals surface area contributed by atoms with Gasteiger partial charge in [0.25, 0.3) is 0 Å². The maximum atomic E-state index is 5.54. The normalized spacial score (nSPS) is 11.2. The van der Waals surface area contributed by atoms with Crippen molar-refractivity contribution in [2.45, 2.75) is 0 Å². The fourth-order valence-electron chi connectivity index (χ4n) is 0.800. The highest BCUT2D eigenvalue weighted by molar-refractivity contribution is 7.80.